The quantitative estimate of drug-likeness (QED) is 0.383. The van der Waals surface area contributed by atoms with E-state index in [0.717, 1.165) is 11.1 Å². The van der Waals surface area contributed by atoms with Gasteiger partial charge < -0.3 is 18.9 Å². The smallest absolute Gasteiger partial charge is 0.336 e. The molecule has 0 amide bonds. The molecule has 0 N–H and O–H groups in total. The molecule has 2 aromatic rings. The Morgan fingerprint density at radius 1 is 0.931 bits per heavy atom. The number of ether oxygens (including phenoxy) is 4. The highest BCUT2D eigenvalue weighted by molar-refractivity contribution is 5.89. The summed E-state index contributed by atoms with van der Waals surface area (Å²) in [6, 6.07) is 9.08. The van der Waals surface area contributed by atoms with Crippen LogP contribution in [0.1, 0.15) is 43.4 Å². The lowest BCUT2D eigenvalue weighted by Gasteiger charge is -2.13. The number of rotatable bonds is 7. The summed E-state index contributed by atoms with van der Waals surface area (Å²) in [6.45, 7) is 7.32. The lowest BCUT2D eigenvalue weighted by molar-refractivity contribution is -0.132. The topological polar surface area (TPSA) is 71.1 Å². The van der Waals surface area contributed by atoms with Gasteiger partial charge in [0, 0.05) is 13.0 Å². The van der Waals surface area contributed by atoms with Crippen molar-refractivity contribution in [3.8, 4) is 23.0 Å². The number of carbonyl (C=O) groups excluding carboxylic acids is 2. The maximum Gasteiger partial charge on any atom is 0.336 e. The monoisotopic (exact) mass is 398 g/mol. The van der Waals surface area contributed by atoms with Crippen molar-refractivity contribution in [2.45, 2.75) is 33.6 Å². The predicted molar refractivity (Wildman–Crippen MR) is 111 cm³/mol. The van der Waals surface area contributed by atoms with Crippen molar-refractivity contribution in [1.29, 1.82) is 0 Å². The molecule has 0 unspecified atom stereocenters. The van der Waals surface area contributed by atoms with Crippen molar-refractivity contribution < 1.29 is 28.5 Å². The Kier molecular flexibility index (Phi) is 7.42. The molecule has 0 aliphatic rings. The van der Waals surface area contributed by atoms with E-state index in [9.17, 15) is 9.59 Å². The summed E-state index contributed by atoms with van der Waals surface area (Å²) in [7, 11) is 2.91. The molecule has 0 bridgehead atoms. The molecule has 154 valence electrons. The van der Waals surface area contributed by atoms with Crippen LogP contribution in [-0.4, -0.2) is 26.2 Å². The minimum absolute atomic E-state index is 0.184. The van der Waals surface area contributed by atoms with Gasteiger partial charge in [0.25, 0.3) is 0 Å². The van der Waals surface area contributed by atoms with Gasteiger partial charge in [-0.25, -0.2) is 4.79 Å². The minimum atomic E-state index is -0.500. The van der Waals surface area contributed by atoms with E-state index in [1.54, 1.807) is 18.2 Å². The maximum absolute atomic E-state index is 12.4. The third-order valence-electron chi connectivity index (χ3n) is 4.14. The third kappa shape index (κ3) is 5.85. The average Bonchev–Trinajstić information content (AvgIpc) is 2.66. The lowest BCUT2D eigenvalue weighted by atomic mass is 10.0. The van der Waals surface area contributed by atoms with Crippen LogP contribution in [0.15, 0.2) is 36.4 Å². The molecule has 0 radical (unpaired) electrons. The second-order valence-corrected chi connectivity index (χ2v) is 6.80. The van der Waals surface area contributed by atoms with Crippen LogP contribution in [0.4, 0.5) is 0 Å². The second-order valence-electron chi connectivity index (χ2n) is 6.80. The van der Waals surface area contributed by atoms with E-state index < -0.39 is 11.9 Å². The summed E-state index contributed by atoms with van der Waals surface area (Å²) >= 11 is 0. The fraction of sp³-hybridized carbons (Fsp3) is 0.304. The third-order valence-corrected chi connectivity index (χ3v) is 4.14. The van der Waals surface area contributed by atoms with Crippen LogP contribution in [0.2, 0.25) is 0 Å². The molecule has 0 atom stereocenters. The maximum atomic E-state index is 12.4. The zero-order chi connectivity index (χ0) is 21.6. The van der Waals surface area contributed by atoms with Crippen LogP contribution in [0, 0.1) is 6.92 Å². The predicted octanol–water partition coefficient (Wildman–Crippen LogP) is 4.68. The van der Waals surface area contributed by atoms with Gasteiger partial charge >= 0.3 is 11.9 Å². The molecule has 2 aromatic carbocycles. The first-order valence-electron chi connectivity index (χ1n) is 9.20. The molecule has 0 aliphatic carbocycles. The molecule has 0 spiro atoms. The van der Waals surface area contributed by atoms with Gasteiger partial charge in [-0.05, 0) is 53.8 Å². The first-order chi connectivity index (χ1) is 13.7. The highest BCUT2D eigenvalue weighted by Crippen LogP contribution is 2.39. The van der Waals surface area contributed by atoms with Gasteiger partial charge in [-0.15, -0.1) is 0 Å². The first kappa shape index (κ1) is 22.0. The van der Waals surface area contributed by atoms with Gasteiger partial charge in [0.05, 0.1) is 14.2 Å². The highest BCUT2D eigenvalue weighted by Gasteiger charge is 2.16. The minimum Gasteiger partial charge on any atom is -0.493 e. The summed E-state index contributed by atoms with van der Waals surface area (Å²) in [5.74, 6) is 0.595. The number of benzene rings is 2. The normalized spacial score (nSPS) is 10.9. The molecule has 0 saturated heterocycles. The van der Waals surface area contributed by atoms with Crippen LogP contribution < -0.4 is 18.9 Å². The fourth-order valence-electron chi connectivity index (χ4n) is 2.75. The van der Waals surface area contributed by atoms with E-state index in [4.69, 9.17) is 18.9 Å². The number of hydrogen-bond acceptors (Lipinski definition) is 6. The molecule has 0 saturated carbocycles. The number of carbonyl (C=O) groups is 2. The Morgan fingerprint density at radius 2 is 1.55 bits per heavy atom. The first-order valence-corrected chi connectivity index (χ1v) is 9.20. The van der Waals surface area contributed by atoms with Gasteiger partial charge in [0.1, 0.15) is 5.75 Å². The van der Waals surface area contributed by atoms with Crippen molar-refractivity contribution >= 4 is 18.0 Å². The standard InChI is InChI=1S/C23H26O6/c1-14(2)18-9-7-15(3)11-19(18)29-22(25)10-8-17-12-20(26-5)23(28-16(4)24)21(13-17)27-6/h7-14H,1-6H3. The molecule has 2 rings (SSSR count). The van der Waals surface area contributed by atoms with E-state index in [2.05, 4.69) is 0 Å². The van der Waals surface area contributed by atoms with Crippen molar-refractivity contribution in [2.24, 2.45) is 0 Å². The molecule has 0 aliphatic heterocycles. The Hall–Kier alpha value is -3.28. The van der Waals surface area contributed by atoms with Crippen molar-refractivity contribution in [2.75, 3.05) is 14.2 Å². The van der Waals surface area contributed by atoms with Gasteiger partial charge in [0.15, 0.2) is 11.5 Å². The zero-order valence-corrected chi connectivity index (χ0v) is 17.6. The number of hydrogen-bond donors (Lipinski definition) is 0. The van der Waals surface area contributed by atoms with Crippen LogP contribution >= 0.6 is 0 Å². The molecule has 0 aromatic heterocycles. The van der Waals surface area contributed by atoms with Gasteiger partial charge in [0.2, 0.25) is 5.75 Å². The van der Waals surface area contributed by atoms with Crippen molar-refractivity contribution in [3.63, 3.8) is 0 Å². The van der Waals surface area contributed by atoms with Crippen molar-refractivity contribution in [1.82, 2.24) is 0 Å². The second kappa shape index (κ2) is 9.78. The average molecular weight is 398 g/mol. The SMILES string of the molecule is COc1cc(C=CC(=O)Oc2cc(C)ccc2C(C)C)cc(OC)c1OC(C)=O. The Balaban J connectivity index is 2.26. The van der Waals surface area contributed by atoms with Crippen molar-refractivity contribution in [3.05, 3.63) is 53.1 Å². The Bertz CT molecular complexity index is 902. The van der Waals surface area contributed by atoms with Crippen LogP contribution in [0.5, 0.6) is 23.0 Å². The molecular weight excluding hydrogens is 372 g/mol. The van der Waals surface area contributed by atoms with E-state index in [1.807, 2.05) is 39.0 Å². The molecule has 6 heteroatoms. The number of methoxy groups -OCH3 is 2. The van der Waals surface area contributed by atoms with Crippen LogP contribution in [-0.2, 0) is 9.59 Å². The van der Waals surface area contributed by atoms with E-state index in [-0.39, 0.29) is 11.7 Å². The highest BCUT2D eigenvalue weighted by atomic mass is 16.6. The molecule has 0 heterocycles. The Morgan fingerprint density at radius 3 is 2.07 bits per heavy atom. The summed E-state index contributed by atoms with van der Waals surface area (Å²) in [6.07, 6.45) is 2.90. The summed E-state index contributed by atoms with van der Waals surface area (Å²) in [5, 5.41) is 0. The number of aryl methyl sites for hydroxylation is 1. The molecule has 29 heavy (non-hydrogen) atoms. The fourth-order valence-corrected chi connectivity index (χ4v) is 2.75. The summed E-state index contributed by atoms with van der Waals surface area (Å²) in [4.78, 5) is 23.7. The van der Waals surface area contributed by atoms with Gasteiger partial charge in [-0.2, -0.15) is 0 Å². The summed E-state index contributed by atoms with van der Waals surface area (Å²) in [5.41, 5.74) is 2.60. The molecular formula is C23H26O6. The van der Waals surface area contributed by atoms with Gasteiger partial charge in [-0.1, -0.05) is 26.0 Å². The molecule has 6 nitrogen and oxygen atoms in total. The Labute approximate surface area is 171 Å². The van der Waals surface area contributed by atoms with E-state index in [0.29, 0.717) is 22.8 Å². The largest absolute Gasteiger partial charge is 0.493 e. The summed E-state index contributed by atoms with van der Waals surface area (Å²) < 4.78 is 21.3. The van der Waals surface area contributed by atoms with Crippen LogP contribution in [0.25, 0.3) is 6.08 Å². The zero-order valence-electron chi connectivity index (χ0n) is 17.6. The molecule has 0 fully saturated rings. The number of esters is 2. The lowest BCUT2D eigenvalue weighted by Crippen LogP contribution is -2.07. The van der Waals surface area contributed by atoms with Gasteiger partial charge in [-0.3, -0.25) is 4.79 Å². The van der Waals surface area contributed by atoms with E-state index in [1.165, 1.54) is 27.2 Å². The van der Waals surface area contributed by atoms with E-state index >= 15 is 0 Å². The van der Waals surface area contributed by atoms with Crippen LogP contribution in [0.3, 0.4) is 0 Å².